The summed E-state index contributed by atoms with van der Waals surface area (Å²) in [6, 6.07) is 106. The third-order valence-corrected chi connectivity index (χ3v) is 18.2. The van der Waals surface area contributed by atoms with Gasteiger partial charge in [-0.25, -0.2) is 0 Å². The molecular formula is C75H46. The van der Waals surface area contributed by atoms with Gasteiger partial charge in [-0.15, -0.1) is 0 Å². The average Bonchev–Trinajstić information content (AvgIpc) is 4.41. The van der Waals surface area contributed by atoms with Crippen LogP contribution < -0.4 is 0 Å². The van der Waals surface area contributed by atoms with Gasteiger partial charge in [0.05, 0.1) is 16.2 Å². The molecule has 12 aromatic rings. The summed E-state index contributed by atoms with van der Waals surface area (Å²) in [7, 11) is 0. The number of rotatable bonds is 4. The van der Waals surface area contributed by atoms with Crippen LogP contribution in [0.15, 0.2) is 279 Å². The smallest absolute Gasteiger partial charge is 0.0619 e. The first-order chi connectivity index (χ1) is 37.2. The lowest BCUT2D eigenvalue weighted by Gasteiger charge is -2.34. The van der Waals surface area contributed by atoms with Gasteiger partial charge in [-0.3, -0.25) is 0 Å². The van der Waals surface area contributed by atoms with Crippen molar-refractivity contribution >= 4 is 0 Å². The molecule has 0 saturated carbocycles. The molecule has 75 heavy (non-hydrogen) atoms. The van der Waals surface area contributed by atoms with Gasteiger partial charge in [-0.2, -0.15) is 0 Å². The van der Waals surface area contributed by atoms with Crippen LogP contribution in [0.2, 0.25) is 0 Å². The fourth-order valence-corrected chi connectivity index (χ4v) is 15.5. The van der Waals surface area contributed by atoms with Crippen molar-refractivity contribution in [1.29, 1.82) is 0 Å². The molecular weight excluding hydrogens is 901 g/mol. The number of hydrogen-bond acceptors (Lipinski definition) is 0. The highest BCUT2D eigenvalue weighted by Gasteiger charge is 2.54. The zero-order chi connectivity index (χ0) is 49.0. The molecule has 0 unspecified atom stereocenters. The summed E-state index contributed by atoms with van der Waals surface area (Å²) in [5.41, 5.74) is 32.7. The molecule has 0 fully saturated rings. The van der Waals surface area contributed by atoms with Crippen LogP contribution in [-0.2, 0) is 16.2 Å². The molecule has 0 aromatic heterocycles. The summed E-state index contributed by atoms with van der Waals surface area (Å²) < 4.78 is 0. The van der Waals surface area contributed by atoms with Crippen molar-refractivity contribution in [3.05, 3.63) is 346 Å². The normalized spacial score (nSPS) is 15.0. The van der Waals surface area contributed by atoms with Crippen molar-refractivity contribution in [2.75, 3.05) is 0 Å². The molecule has 5 aliphatic carbocycles. The zero-order valence-corrected chi connectivity index (χ0v) is 41.1. The van der Waals surface area contributed by atoms with E-state index in [2.05, 4.69) is 279 Å². The van der Waals surface area contributed by atoms with Crippen molar-refractivity contribution in [3.8, 4) is 77.9 Å². The monoisotopic (exact) mass is 946 g/mol. The Morgan fingerprint density at radius 1 is 0.160 bits per heavy atom. The molecule has 0 heteroatoms. The van der Waals surface area contributed by atoms with E-state index in [0.717, 1.165) is 0 Å². The number of fused-ring (bicyclic) bond motifs is 23. The molecule has 12 aromatic carbocycles. The molecule has 2 spiro atoms. The van der Waals surface area contributed by atoms with E-state index in [1.807, 2.05) is 0 Å². The van der Waals surface area contributed by atoms with E-state index in [1.54, 1.807) is 0 Å². The molecule has 0 saturated heterocycles. The minimum Gasteiger partial charge on any atom is -0.0619 e. The molecule has 0 bridgehead atoms. The lowest BCUT2D eigenvalue weighted by atomic mass is 9.67. The van der Waals surface area contributed by atoms with E-state index < -0.39 is 10.8 Å². The van der Waals surface area contributed by atoms with Gasteiger partial charge >= 0.3 is 0 Å². The van der Waals surface area contributed by atoms with Crippen LogP contribution in [0.4, 0.5) is 0 Å². The summed E-state index contributed by atoms with van der Waals surface area (Å²) in [5.74, 6) is 0. The van der Waals surface area contributed by atoms with Gasteiger partial charge in [0.15, 0.2) is 0 Å². The van der Waals surface area contributed by atoms with Gasteiger partial charge in [-0.05, 0) is 163 Å². The Labute approximate surface area is 437 Å². The van der Waals surface area contributed by atoms with Crippen molar-refractivity contribution in [3.63, 3.8) is 0 Å². The minimum absolute atomic E-state index is 0.376. The van der Waals surface area contributed by atoms with Crippen LogP contribution in [0, 0.1) is 0 Å². The maximum Gasteiger partial charge on any atom is 0.0725 e. The summed E-state index contributed by atoms with van der Waals surface area (Å²) in [5, 5.41) is 0. The molecule has 0 N–H and O–H groups in total. The van der Waals surface area contributed by atoms with Gasteiger partial charge in [0.25, 0.3) is 0 Å². The van der Waals surface area contributed by atoms with E-state index in [-0.39, 0.29) is 5.41 Å². The van der Waals surface area contributed by atoms with Crippen molar-refractivity contribution < 1.29 is 0 Å². The Bertz CT molecular complexity index is 4310. The molecule has 0 atom stereocenters. The summed E-state index contributed by atoms with van der Waals surface area (Å²) in [6.45, 7) is 0. The third-order valence-electron chi connectivity index (χ3n) is 18.2. The van der Waals surface area contributed by atoms with Crippen LogP contribution in [-0.4, -0.2) is 0 Å². The summed E-state index contributed by atoms with van der Waals surface area (Å²) in [4.78, 5) is 0. The molecule has 346 valence electrons. The first-order valence-corrected chi connectivity index (χ1v) is 26.5. The van der Waals surface area contributed by atoms with E-state index in [9.17, 15) is 0 Å². The average molecular weight is 947 g/mol. The predicted octanol–water partition coefficient (Wildman–Crippen LogP) is 18.1. The first-order valence-electron chi connectivity index (χ1n) is 26.5. The quantitative estimate of drug-likeness (QED) is 0.165. The minimum atomic E-state index is -0.607. The highest BCUT2D eigenvalue weighted by Crippen LogP contribution is 2.66. The SMILES string of the molecule is c1cc(-c2ccc3c(c2)-c2ccccc2C32c3ccccc3-c3ccccc32)cc(C2(c3cccc(-c4cccc5c4-c4ccccc4C54c5ccccc5-c5ccccc54)c3)c3ccccc3-c3ccccc32)c1. The van der Waals surface area contributed by atoms with Gasteiger partial charge < -0.3 is 0 Å². The highest BCUT2D eigenvalue weighted by molar-refractivity contribution is 6.01. The highest BCUT2D eigenvalue weighted by atomic mass is 14.5. The van der Waals surface area contributed by atoms with E-state index in [0.29, 0.717) is 0 Å². The topological polar surface area (TPSA) is 0 Å². The molecule has 0 aliphatic heterocycles. The first kappa shape index (κ1) is 41.1. The van der Waals surface area contributed by atoms with E-state index in [4.69, 9.17) is 0 Å². The summed E-state index contributed by atoms with van der Waals surface area (Å²) >= 11 is 0. The largest absolute Gasteiger partial charge is 0.0725 e. The fourth-order valence-electron chi connectivity index (χ4n) is 15.5. The van der Waals surface area contributed by atoms with Crippen LogP contribution in [0.3, 0.4) is 0 Å². The molecule has 17 rings (SSSR count). The zero-order valence-electron chi connectivity index (χ0n) is 41.1. The van der Waals surface area contributed by atoms with Gasteiger partial charge in [0.1, 0.15) is 0 Å². The second-order valence-electron chi connectivity index (χ2n) is 21.3. The van der Waals surface area contributed by atoms with Crippen molar-refractivity contribution in [2.24, 2.45) is 0 Å². The van der Waals surface area contributed by atoms with Gasteiger partial charge in [0, 0.05) is 0 Å². The van der Waals surface area contributed by atoms with Crippen LogP contribution >= 0.6 is 0 Å². The Kier molecular flexibility index (Phi) is 8.16. The Hall–Kier alpha value is -9.36. The maximum absolute atomic E-state index is 2.52. The standard InChI is InChI=1S/C75H46/c1-9-33-62-53(24-1)54-25-2-10-34-63(54)73(62,50-22-17-20-47(44-50)48-42-43-70-61(46-48)59-30-7-15-39-68(59)74(70)64-35-11-3-26-55(64)56-27-4-12-36-65(56)74)51-23-18-21-49(45-51)52-32-19-41-71-72(52)60-31-8-16-40-69(60)75(71)66-37-13-5-28-57(66)58-29-6-14-38-67(58)75/h1-46H. The van der Waals surface area contributed by atoms with Gasteiger partial charge in [-0.1, -0.05) is 261 Å². The fraction of sp³-hybridized carbons (Fsp3) is 0.0400. The molecule has 0 radical (unpaired) electrons. The van der Waals surface area contributed by atoms with Crippen molar-refractivity contribution in [2.45, 2.75) is 16.2 Å². The van der Waals surface area contributed by atoms with E-state index >= 15 is 0 Å². The third kappa shape index (κ3) is 4.98. The molecule has 5 aliphatic rings. The number of benzene rings is 12. The summed E-state index contributed by atoms with van der Waals surface area (Å²) in [6.07, 6.45) is 0. The Morgan fingerprint density at radius 3 is 0.920 bits per heavy atom. The van der Waals surface area contributed by atoms with Crippen LogP contribution in [0.25, 0.3) is 77.9 Å². The lowest BCUT2D eigenvalue weighted by Crippen LogP contribution is -2.28. The van der Waals surface area contributed by atoms with E-state index in [1.165, 1.54) is 145 Å². The lowest BCUT2D eigenvalue weighted by molar-refractivity contribution is 0.769. The Balaban J connectivity index is 0.869. The second kappa shape index (κ2) is 14.9. The predicted molar refractivity (Wildman–Crippen MR) is 307 cm³/mol. The Morgan fingerprint density at radius 2 is 0.453 bits per heavy atom. The van der Waals surface area contributed by atoms with Crippen LogP contribution in [0.1, 0.15) is 66.8 Å². The molecule has 0 nitrogen and oxygen atoms in total. The second-order valence-corrected chi connectivity index (χ2v) is 21.3. The molecule has 0 amide bonds. The van der Waals surface area contributed by atoms with Crippen LogP contribution in [0.5, 0.6) is 0 Å². The maximum atomic E-state index is 2.52. The van der Waals surface area contributed by atoms with Crippen molar-refractivity contribution in [1.82, 2.24) is 0 Å². The van der Waals surface area contributed by atoms with Gasteiger partial charge in [0.2, 0.25) is 0 Å². The molecule has 0 heterocycles. The number of hydrogen-bond donors (Lipinski definition) is 0.